The average Bonchev–Trinajstić information content (AvgIpc) is 3.17. The van der Waals surface area contributed by atoms with Gasteiger partial charge in [0.1, 0.15) is 0 Å². The summed E-state index contributed by atoms with van der Waals surface area (Å²) in [4.78, 5) is 18.6. The number of aromatic nitrogens is 2. The number of hydrogen-bond acceptors (Lipinski definition) is 3. The minimum absolute atomic E-state index is 0.0240. The van der Waals surface area contributed by atoms with Crippen LogP contribution in [0.2, 0.25) is 0 Å². The lowest BCUT2D eigenvalue weighted by Gasteiger charge is -2.31. The first-order chi connectivity index (χ1) is 11.6. The summed E-state index contributed by atoms with van der Waals surface area (Å²) >= 11 is 0. The highest BCUT2D eigenvalue weighted by atomic mass is 16.3. The van der Waals surface area contributed by atoms with E-state index in [1.54, 1.807) is 12.5 Å². The number of imidazole rings is 1. The number of carbonyl (C=O) groups is 1. The van der Waals surface area contributed by atoms with Crippen LogP contribution in [-0.4, -0.2) is 38.1 Å². The molecule has 1 aliphatic carbocycles. The molecule has 1 unspecified atom stereocenters. The minimum Gasteiger partial charge on any atom is -0.503 e. The first-order valence-electron chi connectivity index (χ1n) is 8.98. The van der Waals surface area contributed by atoms with Gasteiger partial charge in [-0.2, -0.15) is 0 Å². The van der Waals surface area contributed by atoms with Gasteiger partial charge in [-0.3, -0.25) is 4.79 Å². The number of hydrogen-bond donors (Lipinski definition) is 1. The third kappa shape index (κ3) is 3.25. The van der Waals surface area contributed by atoms with Gasteiger partial charge in [-0.05, 0) is 43.6 Å². The lowest BCUT2D eigenvalue weighted by molar-refractivity contribution is -0.129. The predicted octanol–water partition coefficient (Wildman–Crippen LogP) is 3.45. The van der Waals surface area contributed by atoms with Gasteiger partial charge in [0.05, 0.1) is 12.4 Å². The molecule has 0 saturated carbocycles. The molecular weight excluding hydrogens is 302 g/mol. The van der Waals surface area contributed by atoms with E-state index in [4.69, 9.17) is 0 Å². The molecule has 5 nitrogen and oxygen atoms in total. The summed E-state index contributed by atoms with van der Waals surface area (Å²) in [5.74, 6) is -0.0645. The van der Waals surface area contributed by atoms with Crippen molar-refractivity contribution in [1.82, 2.24) is 14.5 Å². The van der Waals surface area contributed by atoms with Crippen LogP contribution in [0.5, 0.6) is 0 Å². The first kappa shape index (κ1) is 16.8. The molecule has 0 bridgehead atoms. The smallest absolute Gasteiger partial charge is 0.289 e. The quantitative estimate of drug-likeness (QED) is 0.813. The molecule has 24 heavy (non-hydrogen) atoms. The Balaban J connectivity index is 1.77. The highest BCUT2D eigenvalue weighted by Gasteiger charge is 2.41. The molecule has 5 heteroatoms. The van der Waals surface area contributed by atoms with E-state index in [-0.39, 0.29) is 23.6 Å². The van der Waals surface area contributed by atoms with Crippen molar-refractivity contribution in [2.75, 3.05) is 6.54 Å². The second-order valence-electron chi connectivity index (χ2n) is 7.04. The first-order valence-corrected chi connectivity index (χ1v) is 8.98. The van der Waals surface area contributed by atoms with Crippen LogP contribution in [-0.2, 0) is 11.3 Å². The molecule has 3 rings (SSSR count). The maximum Gasteiger partial charge on any atom is 0.289 e. The molecule has 1 N–H and O–H groups in total. The van der Waals surface area contributed by atoms with Gasteiger partial charge in [0.25, 0.3) is 5.91 Å². The molecule has 0 saturated heterocycles. The summed E-state index contributed by atoms with van der Waals surface area (Å²) in [6.45, 7) is 5.60. The third-order valence-electron chi connectivity index (χ3n) is 5.02. The molecule has 1 aromatic rings. The fourth-order valence-electron chi connectivity index (χ4n) is 3.85. The molecule has 2 aliphatic rings. The molecule has 1 aromatic heterocycles. The number of allylic oxidation sites excluding steroid dienone is 1. The van der Waals surface area contributed by atoms with Crippen molar-refractivity contribution < 1.29 is 9.90 Å². The summed E-state index contributed by atoms with van der Waals surface area (Å²) in [7, 11) is 0. The Labute approximate surface area is 143 Å². The fraction of sp³-hybridized carbons (Fsp3) is 0.579. The van der Waals surface area contributed by atoms with Crippen molar-refractivity contribution in [1.29, 1.82) is 0 Å². The normalized spacial score (nSPS) is 21.8. The molecule has 2 heterocycles. The SMILES string of the molecule is CC(C)C1=C(O)C(=O)N(CCCn2ccnc2)C1C1=CCCCC1. The molecule has 1 amide bonds. The summed E-state index contributed by atoms with van der Waals surface area (Å²) in [6, 6.07) is -0.0411. The number of aryl methyl sites for hydroxylation is 1. The Bertz CT molecular complexity index is 644. The largest absolute Gasteiger partial charge is 0.503 e. The summed E-state index contributed by atoms with van der Waals surface area (Å²) in [5, 5.41) is 10.4. The highest BCUT2D eigenvalue weighted by Crippen LogP contribution is 2.37. The predicted molar refractivity (Wildman–Crippen MR) is 93.4 cm³/mol. The lowest BCUT2D eigenvalue weighted by Crippen LogP contribution is -2.39. The molecular formula is C19H27N3O2. The second kappa shape index (κ2) is 7.24. The molecule has 1 aliphatic heterocycles. The van der Waals surface area contributed by atoms with Crippen LogP contribution in [0.25, 0.3) is 0 Å². The standard InChI is InChI=1S/C19H27N3O2/c1-14(2)16-17(15-7-4-3-5-8-15)22(19(24)18(16)23)11-6-10-21-12-9-20-13-21/h7,9,12-14,17,23H,3-6,8,10-11H2,1-2H3. The van der Waals surface area contributed by atoms with E-state index in [2.05, 4.69) is 24.9 Å². The van der Waals surface area contributed by atoms with E-state index in [9.17, 15) is 9.90 Å². The van der Waals surface area contributed by atoms with Gasteiger partial charge in [-0.1, -0.05) is 19.9 Å². The van der Waals surface area contributed by atoms with Crippen molar-refractivity contribution >= 4 is 5.91 Å². The van der Waals surface area contributed by atoms with Crippen LogP contribution in [0.3, 0.4) is 0 Å². The lowest BCUT2D eigenvalue weighted by atomic mass is 9.86. The molecule has 0 fully saturated rings. The van der Waals surface area contributed by atoms with Gasteiger partial charge < -0.3 is 14.6 Å². The van der Waals surface area contributed by atoms with E-state index in [0.29, 0.717) is 6.54 Å². The summed E-state index contributed by atoms with van der Waals surface area (Å²) in [5.41, 5.74) is 2.21. The molecule has 130 valence electrons. The highest BCUT2D eigenvalue weighted by molar-refractivity contribution is 5.96. The van der Waals surface area contributed by atoms with Crippen LogP contribution in [0, 0.1) is 5.92 Å². The number of aliphatic hydroxyl groups excluding tert-OH is 1. The van der Waals surface area contributed by atoms with Gasteiger partial charge in [-0.15, -0.1) is 0 Å². The maximum atomic E-state index is 12.6. The van der Waals surface area contributed by atoms with E-state index < -0.39 is 0 Å². The van der Waals surface area contributed by atoms with E-state index >= 15 is 0 Å². The number of amides is 1. The Morgan fingerprint density at radius 1 is 1.33 bits per heavy atom. The van der Waals surface area contributed by atoms with E-state index in [1.165, 1.54) is 18.4 Å². The van der Waals surface area contributed by atoms with Gasteiger partial charge in [0.2, 0.25) is 0 Å². The van der Waals surface area contributed by atoms with E-state index in [0.717, 1.165) is 31.4 Å². The number of nitrogens with zero attached hydrogens (tertiary/aromatic N) is 3. The molecule has 0 aromatic carbocycles. The average molecular weight is 329 g/mol. The van der Waals surface area contributed by atoms with Crippen LogP contribution in [0.1, 0.15) is 46.0 Å². The second-order valence-corrected chi connectivity index (χ2v) is 7.04. The van der Waals surface area contributed by atoms with Crippen molar-refractivity contribution in [3.63, 3.8) is 0 Å². The Kier molecular flexibility index (Phi) is 5.07. The molecule has 1 atom stereocenters. The van der Waals surface area contributed by atoms with Crippen molar-refractivity contribution in [2.24, 2.45) is 5.92 Å². The Hall–Kier alpha value is -2.04. The number of carbonyl (C=O) groups excluding carboxylic acids is 1. The Morgan fingerprint density at radius 2 is 2.17 bits per heavy atom. The van der Waals surface area contributed by atoms with Crippen LogP contribution < -0.4 is 0 Å². The number of aliphatic hydroxyl groups is 1. The summed E-state index contributed by atoms with van der Waals surface area (Å²) < 4.78 is 2.02. The minimum atomic E-state index is -0.208. The topological polar surface area (TPSA) is 58.4 Å². The zero-order chi connectivity index (χ0) is 17.1. The van der Waals surface area contributed by atoms with Crippen LogP contribution in [0.15, 0.2) is 41.7 Å². The van der Waals surface area contributed by atoms with Crippen molar-refractivity contribution in [2.45, 2.75) is 58.5 Å². The van der Waals surface area contributed by atoms with Crippen molar-refractivity contribution in [3.8, 4) is 0 Å². The maximum absolute atomic E-state index is 12.6. The molecule has 0 spiro atoms. The zero-order valence-electron chi connectivity index (χ0n) is 14.6. The van der Waals surface area contributed by atoms with Crippen molar-refractivity contribution in [3.05, 3.63) is 41.7 Å². The van der Waals surface area contributed by atoms with Gasteiger partial charge in [-0.25, -0.2) is 4.98 Å². The van der Waals surface area contributed by atoms with E-state index in [1.807, 2.05) is 15.7 Å². The van der Waals surface area contributed by atoms with Crippen LogP contribution >= 0.6 is 0 Å². The molecule has 0 radical (unpaired) electrons. The van der Waals surface area contributed by atoms with Gasteiger partial charge >= 0.3 is 0 Å². The third-order valence-corrected chi connectivity index (χ3v) is 5.02. The number of rotatable bonds is 6. The zero-order valence-corrected chi connectivity index (χ0v) is 14.6. The van der Waals surface area contributed by atoms with Crippen LogP contribution in [0.4, 0.5) is 0 Å². The van der Waals surface area contributed by atoms with Gasteiger partial charge in [0, 0.05) is 31.1 Å². The van der Waals surface area contributed by atoms with Gasteiger partial charge in [0.15, 0.2) is 5.76 Å². The Morgan fingerprint density at radius 3 is 2.79 bits per heavy atom. The monoisotopic (exact) mass is 329 g/mol. The summed E-state index contributed by atoms with van der Waals surface area (Å²) in [6.07, 6.45) is 13.1. The fourth-order valence-corrected chi connectivity index (χ4v) is 3.85.